The molecule has 1 rings (SSSR count). The van der Waals surface area contributed by atoms with Gasteiger partial charge in [-0.25, -0.2) is 0 Å². The summed E-state index contributed by atoms with van der Waals surface area (Å²) in [6.07, 6.45) is 10.8. The normalized spacial score (nSPS) is 28.2. The molecule has 3 unspecified atom stereocenters. The van der Waals surface area contributed by atoms with Crippen LogP contribution in [0.1, 0.15) is 65.2 Å². The van der Waals surface area contributed by atoms with Crippen LogP contribution in [0.4, 0.5) is 0 Å². The van der Waals surface area contributed by atoms with Crippen molar-refractivity contribution in [2.45, 2.75) is 71.3 Å². The minimum atomic E-state index is 0.577. The van der Waals surface area contributed by atoms with Gasteiger partial charge in [-0.2, -0.15) is 0 Å². The number of hydrogen-bond acceptors (Lipinski definition) is 2. The van der Waals surface area contributed by atoms with Gasteiger partial charge in [0.25, 0.3) is 0 Å². The molecule has 1 fully saturated rings. The highest BCUT2D eigenvalue weighted by Crippen LogP contribution is 2.35. The molecule has 0 aromatic heterocycles. The molecule has 2 nitrogen and oxygen atoms in total. The highest BCUT2D eigenvalue weighted by molar-refractivity contribution is 4.83. The number of nitrogens with one attached hydrogen (secondary N) is 1. The van der Waals surface area contributed by atoms with Crippen LogP contribution >= 0.6 is 0 Å². The molecule has 0 radical (unpaired) electrons. The first kappa shape index (κ1) is 13.0. The number of unbranched alkanes of at least 4 members (excludes halogenated alkanes) is 2. The molecule has 3 atom stereocenters. The Bertz CT molecular complexity index is 159. The molecular weight excluding hydrogens is 184 g/mol. The average Bonchev–Trinajstić information content (AvgIpc) is 2.73. The fourth-order valence-corrected chi connectivity index (χ4v) is 2.92. The Balaban J connectivity index is 2.25. The summed E-state index contributed by atoms with van der Waals surface area (Å²) in [5.41, 5.74) is 3.05. The van der Waals surface area contributed by atoms with Crippen LogP contribution < -0.4 is 11.3 Å². The van der Waals surface area contributed by atoms with Gasteiger partial charge in [0.15, 0.2) is 0 Å². The SMILES string of the molecule is CCCCCC(NN)C1CCC(CC)C1. The first-order chi connectivity index (χ1) is 7.31. The van der Waals surface area contributed by atoms with Crippen LogP contribution in [0.25, 0.3) is 0 Å². The van der Waals surface area contributed by atoms with E-state index in [1.54, 1.807) is 0 Å². The quantitative estimate of drug-likeness (QED) is 0.386. The summed E-state index contributed by atoms with van der Waals surface area (Å²) < 4.78 is 0. The zero-order valence-corrected chi connectivity index (χ0v) is 10.5. The zero-order chi connectivity index (χ0) is 11.1. The highest BCUT2D eigenvalue weighted by Gasteiger charge is 2.28. The molecule has 0 aromatic carbocycles. The molecule has 3 N–H and O–H groups in total. The van der Waals surface area contributed by atoms with E-state index in [0.29, 0.717) is 6.04 Å². The second kappa shape index (κ2) is 7.24. The van der Waals surface area contributed by atoms with Gasteiger partial charge in [0.2, 0.25) is 0 Å². The van der Waals surface area contributed by atoms with Gasteiger partial charge in [-0.3, -0.25) is 11.3 Å². The molecule has 15 heavy (non-hydrogen) atoms. The van der Waals surface area contributed by atoms with Crippen molar-refractivity contribution < 1.29 is 0 Å². The van der Waals surface area contributed by atoms with E-state index in [2.05, 4.69) is 19.3 Å². The molecule has 0 spiro atoms. The Morgan fingerprint density at radius 3 is 2.60 bits per heavy atom. The van der Waals surface area contributed by atoms with E-state index >= 15 is 0 Å². The fourth-order valence-electron chi connectivity index (χ4n) is 2.92. The molecule has 1 aliphatic rings. The lowest BCUT2D eigenvalue weighted by Gasteiger charge is -2.22. The van der Waals surface area contributed by atoms with E-state index in [1.807, 2.05) is 0 Å². The van der Waals surface area contributed by atoms with Gasteiger partial charge in [0.1, 0.15) is 0 Å². The number of hydrazine groups is 1. The number of nitrogens with two attached hydrogens (primary N) is 1. The standard InChI is InChI=1S/C13H28N2/c1-3-5-6-7-13(15-14)12-9-8-11(4-2)10-12/h11-13,15H,3-10,14H2,1-2H3. The third-order valence-electron chi connectivity index (χ3n) is 4.06. The van der Waals surface area contributed by atoms with Crippen molar-refractivity contribution in [1.29, 1.82) is 0 Å². The minimum Gasteiger partial charge on any atom is -0.271 e. The monoisotopic (exact) mass is 212 g/mol. The van der Waals surface area contributed by atoms with Gasteiger partial charge >= 0.3 is 0 Å². The summed E-state index contributed by atoms with van der Waals surface area (Å²) in [4.78, 5) is 0. The van der Waals surface area contributed by atoms with E-state index < -0.39 is 0 Å². The van der Waals surface area contributed by atoms with Crippen molar-refractivity contribution in [2.75, 3.05) is 0 Å². The molecule has 0 aromatic rings. The average molecular weight is 212 g/mol. The van der Waals surface area contributed by atoms with Crippen LogP contribution in [0.5, 0.6) is 0 Å². The molecule has 90 valence electrons. The smallest absolute Gasteiger partial charge is 0.0238 e. The number of hydrogen-bond donors (Lipinski definition) is 2. The molecule has 1 aliphatic carbocycles. The fraction of sp³-hybridized carbons (Fsp3) is 1.00. The Hall–Kier alpha value is -0.0800. The second-order valence-corrected chi connectivity index (χ2v) is 5.12. The van der Waals surface area contributed by atoms with Crippen molar-refractivity contribution in [3.8, 4) is 0 Å². The maximum absolute atomic E-state index is 5.67. The van der Waals surface area contributed by atoms with Crippen LogP contribution in [0, 0.1) is 11.8 Å². The van der Waals surface area contributed by atoms with E-state index in [1.165, 1.54) is 51.4 Å². The van der Waals surface area contributed by atoms with Crippen LogP contribution in [0.15, 0.2) is 0 Å². The Morgan fingerprint density at radius 1 is 1.27 bits per heavy atom. The first-order valence-corrected chi connectivity index (χ1v) is 6.77. The predicted molar refractivity (Wildman–Crippen MR) is 66.4 cm³/mol. The van der Waals surface area contributed by atoms with E-state index in [-0.39, 0.29) is 0 Å². The highest BCUT2D eigenvalue weighted by atomic mass is 15.2. The zero-order valence-electron chi connectivity index (χ0n) is 10.5. The van der Waals surface area contributed by atoms with Crippen molar-refractivity contribution in [2.24, 2.45) is 17.7 Å². The van der Waals surface area contributed by atoms with Crippen molar-refractivity contribution in [3.05, 3.63) is 0 Å². The van der Waals surface area contributed by atoms with E-state index in [0.717, 1.165) is 11.8 Å². The van der Waals surface area contributed by atoms with Crippen LogP contribution in [0.2, 0.25) is 0 Å². The molecule has 1 saturated carbocycles. The Morgan fingerprint density at radius 2 is 2.07 bits per heavy atom. The predicted octanol–water partition coefficient (Wildman–Crippen LogP) is 3.22. The lowest BCUT2D eigenvalue weighted by molar-refractivity contribution is 0.325. The van der Waals surface area contributed by atoms with Crippen LogP contribution in [-0.2, 0) is 0 Å². The largest absolute Gasteiger partial charge is 0.271 e. The van der Waals surface area contributed by atoms with Gasteiger partial charge in [0, 0.05) is 6.04 Å². The second-order valence-electron chi connectivity index (χ2n) is 5.12. The molecule has 2 heteroatoms. The molecule has 0 saturated heterocycles. The third kappa shape index (κ3) is 4.12. The van der Waals surface area contributed by atoms with Gasteiger partial charge in [-0.1, -0.05) is 46.0 Å². The summed E-state index contributed by atoms with van der Waals surface area (Å²) in [7, 11) is 0. The molecule has 0 aliphatic heterocycles. The summed E-state index contributed by atoms with van der Waals surface area (Å²) in [6, 6.07) is 0.577. The van der Waals surface area contributed by atoms with Gasteiger partial charge in [-0.05, 0) is 31.1 Å². The van der Waals surface area contributed by atoms with Gasteiger partial charge < -0.3 is 0 Å². The van der Waals surface area contributed by atoms with E-state index in [9.17, 15) is 0 Å². The lowest BCUT2D eigenvalue weighted by atomic mass is 9.92. The number of rotatable bonds is 7. The summed E-state index contributed by atoms with van der Waals surface area (Å²) in [5.74, 6) is 7.49. The maximum Gasteiger partial charge on any atom is 0.0238 e. The summed E-state index contributed by atoms with van der Waals surface area (Å²) >= 11 is 0. The Labute approximate surface area is 95.0 Å². The van der Waals surface area contributed by atoms with E-state index in [4.69, 9.17) is 5.84 Å². The van der Waals surface area contributed by atoms with Crippen molar-refractivity contribution in [3.63, 3.8) is 0 Å². The summed E-state index contributed by atoms with van der Waals surface area (Å²) in [5, 5.41) is 0. The topological polar surface area (TPSA) is 38.0 Å². The van der Waals surface area contributed by atoms with Crippen LogP contribution in [0.3, 0.4) is 0 Å². The van der Waals surface area contributed by atoms with Crippen molar-refractivity contribution in [1.82, 2.24) is 5.43 Å². The third-order valence-corrected chi connectivity index (χ3v) is 4.06. The first-order valence-electron chi connectivity index (χ1n) is 6.77. The lowest BCUT2D eigenvalue weighted by Crippen LogP contribution is -2.40. The molecule has 0 bridgehead atoms. The van der Waals surface area contributed by atoms with Crippen molar-refractivity contribution >= 4 is 0 Å². The van der Waals surface area contributed by atoms with Gasteiger partial charge in [-0.15, -0.1) is 0 Å². The minimum absolute atomic E-state index is 0.577. The van der Waals surface area contributed by atoms with Crippen LogP contribution in [-0.4, -0.2) is 6.04 Å². The molecule has 0 amide bonds. The maximum atomic E-state index is 5.67. The Kier molecular flexibility index (Phi) is 6.26. The molecular formula is C13H28N2. The van der Waals surface area contributed by atoms with Gasteiger partial charge in [0.05, 0.1) is 0 Å². The summed E-state index contributed by atoms with van der Waals surface area (Å²) in [6.45, 7) is 4.57. The molecule has 0 heterocycles.